The van der Waals surface area contributed by atoms with Gasteiger partial charge in [0.25, 0.3) is 5.56 Å². The van der Waals surface area contributed by atoms with E-state index in [4.69, 9.17) is 0 Å². The third-order valence-corrected chi connectivity index (χ3v) is 4.98. The van der Waals surface area contributed by atoms with Gasteiger partial charge in [-0.3, -0.25) is 4.79 Å². The van der Waals surface area contributed by atoms with E-state index in [1.807, 2.05) is 0 Å². The maximum atomic E-state index is 12.3. The number of halogens is 2. The van der Waals surface area contributed by atoms with Gasteiger partial charge in [-0.1, -0.05) is 35.2 Å². The van der Waals surface area contributed by atoms with Crippen LogP contribution in [0.15, 0.2) is 15.3 Å². The Labute approximate surface area is 134 Å². The van der Waals surface area contributed by atoms with E-state index < -0.39 is 5.97 Å². The molecule has 0 amide bonds. The van der Waals surface area contributed by atoms with Crippen LogP contribution < -0.4 is 5.56 Å². The van der Waals surface area contributed by atoms with E-state index >= 15 is 0 Å². The lowest BCUT2D eigenvalue weighted by molar-refractivity contribution is 0.0694. The average Bonchev–Trinajstić information content (AvgIpc) is 2.44. The number of aromatic nitrogens is 1. The Balaban J connectivity index is 2.43. The lowest BCUT2D eigenvalue weighted by Gasteiger charge is -2.24. The minimum Gasteiger partial charge on any atom is -0.478 e. The van der Waals surface area contributed by atoms with Gasteiger partial charge in [-0.2, -0.15) is 0 Å². The molecule has 0 atom stereocenters. The van der Waals surface area contributed by atoms with Crippen molar-refractivity contribution in [1.29, 1.82) is 0 Å². The Bertz CT molecular complexity index is 562. The van der Waals surface area contributed by atoms with Crippen molar-refractivity contribution in [3.8, 4) is 0 Å². The molecule has 6 heteroatoms. The SMILES string of the molecule is O=C(O)c1cc(Br)c(=O)n(CC2CCCCC2)c1CBr. The van der Waals surface area contributed by atoms with Crippen LogP contribution in [0.4, 0.5) is 0 Å². The van der Waals surface area contributed by atoms with Gasteiger partial charge in [0, 0.05) is 17.6 Å². The van der Waals surface area contributed by atoms with E-state index in [0.29, 0.717) is 28.0 Å². The van der Waals surface area contributed by atoms with Gasteiger partial charge in [-0.25, -0.2) is 4.79 Å². The van der Waals surface area contributed by atoms with Crippen molar-refractivity contribution in [3.63, 3.8) is 0 Å². The first-order valence-corrected chi connectivity index (χ1v) is 8.67. The van der Waals surface area contributed by atoms with Crippen molar-refractivity contribution in [2.24, 2.45) is 5.92 Å². The van der Waals surface area contributed by atoms with Crippen LogP contribution in [0, 0.1) is 5.92 Å². The lowest BCUT2D eigenvalue weighted by atomic mass is 9.89. The molecule has 4 nitrogen and oxygen atoms in total. The van der Waals surface area contributed by atoms with Crippen molar-refractivity contribution >= 4 is 37.8 Å². The van der Waals surface area contributed by atoms with E-state index in [0.717, 1.165) is 12.8 Å². The van der Waals surface area contributed by atoms with Crippen molar-refractivity contribution in [1.82, 2.24) is 4.57 Å². The molecule has 1 heterocycles. The summed E-state index contributed by atoms with van der Waals surface area (Å²) in [5, 5.41) is 9.65. The molecule has 1 aromatic rings. The predicted octanol–water partition coefficient (Wildman–Crippen LogP) is 3.78. The summed E-state index contributed by atoms with van der Waals surface area (Å²) in [6, 6.07) is 1.40. The Morgan fingerprint density at radius 3 is 2.55 bits per heavy atom. The minimum absolute atomic E-state index is 0.143. The van der Waals surface area contributed by atoms with Gasteiger partial charge < -0.3 is 9.67 Å². The largest absolute Gasteiger partial charge is 0.478 e. The molecule has 0 spiro atoms. The van der Waals surface area contributed by atoms with Crippen LogP contribution in [0.5, 0.6) is 0 Å². The second-order valence-corrected chi connectivity index (χ2v) is 6.63. The van der Waals surface area contributed by atoms with E-state index in [1.54, 1.807) is 4.57 Å². The number of pyridine rings is 1. The number of aromatic carboxylic acids is 1. The number of nitrogens with zero attached hydrogens (tertiary/aromatic N) is 1. The Hall–Kier alpha value is -0.620. The molecule has 110 valence electrons. The number of rotatable bonds is 4. The normalized spacial score (nSPS) is 16.3. The fourth-order valence-corrected chi connectivity index (χ4v) is 3.87. The van der Waals surface area contributed by atoms with Crippen LogP contribution in [0.25, 0.3) is 0 Å². The number of alkyl halides is 1. The Kier molecular flexibility index (Phi) is 5.43. The number of carbonyl (C=O) groups is 1. The summed E-state index contributed by atoms with van der Waals surface area (Å²) in [4.78, 5) is 23.6. The summed E-state index contributed by atoms with van der Waals surface area (Å²) in [7, 11) is 0. The summed E-state index contributed by atoms with van der Waals surface area (Å²) in [6.45, 7) is 0.611. The third kappa shape index (κ3) is 3.34. The third-order valence-electron chi connectivity index (χ3n) is 3.88. The van der Waals surface area contributed by atoms with Crippen molar-refractivity contribution in [3.05, 3.63) is 32.2 Å². The maximum absolute atomic E-state index is 12.3. The second-order valence-electron chi connectivity index (χ2n) is 5.21. The summed E-state index contributed by atoms with van der Waals surface area (Å²) >= 11 is 6.49. The van der Waals surface area contributed by atoms with E-state index in [1.165, 1.54) is 25.3 Å². The molecule has 0 saturated heterocycles. The number of carboxylic acids is 1. The molecule has 1 aliphatic rings. The van der Waals surface area contributed by atoms with Crippen LogP contribution in [0.2, 0.25) is 0 Å². The Morgan fingerprint density at radius 1 is 1.35 bits per heavy atom. The predicted molar refractivity (Wildman–Crippen MR) is 84.6 cm³/mol. The molecule has 2 rings (SSSR count). The molecule has 0 bridgehead atoms. The molecule has 0 aromatic carbocycles. The number of hydrogen-bond donors (Lipinski definition) is 1. The molecule has 1 N–H and O–H groups in total. The summed E-state index contributed by atoms with van der Waals surface area (Å²) < 4.78 is 1.94. The maximum Gasteiger partial charge on any atom is 0.337 e. The summed E-state index contributed by atoms with van der Waals surface area (Å²) in [6.07, 6.45) is 5.88. The molecule has 1 aliphatic carbocycles. The molecule has 1 saturated carbocycles. The average molecular weight is 407 g/mol. The van der Waals surface area contributed by atoms with Gasteiger partial charge in [-0.15, -0.1) is 0 Å². The molecule has 0 aliphatic heterocycles. The quantitative estimate of drug-likeness (QED) is 0.774. The number of hydrogen-bond acceptors (Lipinski definition) is 2. The molecule has 1 aromatic heterocycles. The van der Waals surface area contributed by atoms with Gasteiger partial charge >= 0.3 is 5.97 Å². The van der Waals surface area contributed by atoms with E-state index in [-0.39, 0.29) is 11.1 Å². The first-order valence-electron chi connectivity index (χ1n) is 6.76. The van der Waals surface area contributed by atoms with E-state index in [2.05, 4.69) is 31.9 Å². The monoisotopic (exact) mass is 405 g/mol. The van der Waals surface area contributed by atoms with Gasteiger partial charge in [-0.05, 0) is 40.8 Å². The van der Waals surface area contributed by atoms with Crippen LogP contribution in [-0.4, -0.2) is 15.6 Å². The highest BCUT2D eigenvalue weighted by Crippen LogP contribution is 2.26. The highest BCUT2D eigenvalue weighted by molar-refractivity contribution is 9.10. The van der Waals surface area contributed by atoms with Crippen LogP contribution in [-0.2, 0) is 11.9 Å². The van der Waals surface area contributed by atoms with Crippen molar-refractivity contribution in [2.45, 2.75) is 44.0 Å². The highest BCUT2D eigenvalue weighted by atomic mass is 79.9. The standard InChI is InChI=1S/C14H17Br2NO3/c15-7-12-10(14(19)20)6-11(16)13(18)17(12)8-9-4-2-1-3-5-9/h6,9H,1-5,7-8H2,(H,19,20). The highest BCUT2D eigenvalue weighted by Gasteiger charge is 2.21. The van der Waals surface area contributed by atoms with Crippen LogP contribution >= 0.6 is 31.9 Å². The fourth-order valence-electron chi connectivity index (χ4n) is 2.82. The zero-order valence-corrected chi connectivity index (χ0v) is 14.2. The number of carboxylic acid groups (broad SMARTS) is 1. The second kappa shape index (κ2) is 6.89. The minimum atomic E-state index is -1.00. The van der Waals surface area contributed by atoms with Crippen LogP contribution in [0.3, 0.4) is 0 Å². The molecule has 0 radical (unpaired) electrons. The lowest BCUT2D eigenvalue weighted by Crippen LogP contribution is -2.30. The van der Waals surface area contributed by atoms with Gasteiger partial charge in [0.1, 0.15) is 0 Å². The van der Waals surface area contributed by atoms with Crippen molar-refractivity contribution < 1.29 is 9.90 Å². The topological polar surface area (TPSA) is 59.3 Å². The molecular formula is C14H17Br2NO3. The molecular weight excluding hydrogens is 390 g/mol. The van der Waals surface area contributed by atoms with Gasteiger partial charge in [0.2, 0.25) is 0 Å². The molecule has 0 unspecified atom stereocenters. The van der Waals surface area contributed by atoms with Crippen LogP contribution in [0.1, 0.15) is 48.2 Å². The zero-order chi connectivity index (χ0) is 14.7. The van der Waals surface area contributed by atoms with Crippen molar-refractivity contribution in [2.75, 3.05) is 0 Å². The smallest absolute Gasteiger partial charge is 0.337 e. The first kappa shape index (κ1) is 15.8. The fraction of sp³-hybridized carbons (Fsp3) is 0.571. The summed E-state index contributed by atoms with van der Waals surface area (Å²) in [5.41, 5.74) is 0.593. The Morgan fingerprint density at radius 2 is 2.00 bits per heavy atom. The van der Waals surface area contributed by atoms with Gasteiger partial charge in [0.05, 0.1) is 10.0 Å². The van der Waals surface area contributed by atoms with E-state index in [9.17, 15) is 14.7 Å². The summed E-state index contributed by atoms with van der Waals surface area (Å²) in [5.74, 6) is -0.535. The molecule has 20 heavy (non-hydrogen) atoms. The molecule has 1 fully saturated rings. The zero-order valence-electron chi connectivity index (χ0n) is 11.1. The first-order chi connectivity index (χ1) is 9.54. The van der Waals surface area contributed by atoms with Gasteiger partial charge in [0.15, 0.2) is 0 Å².